The van der Waals surface area contributed by atoms with E-state index < -0.39 is 11.6 Å². The van der Waals surface area contributed by atoms with E-state index in [1.165, 1.54) is 12.1 Å². The average molecular weight is 366 g/mol. The molecule has 0 aliphatic heterocycles. The highest BCUT2D eigenvalue weighted by molar-refractivity contribution is 7.09. The molecule has 1 unspecified atom stereocenters. The quantitative estimate of drug-likeness (QED) is 0.600. The van der Waals surface area contributed by atoms with Crippen molar-refractivity contribution in [3.8, 4) is 0 Å². The maximum absolute atomic E-state index is 13.8. The number of thiazole rings is 1. The number of guanidine groups is 1. The van der Waals surface area contributed by atoms with Gasteiger partial charge in [-0.3, -0.25) is 4.99 Å². The van der Waals surface area contributed by atoms with Crippen LogP contribution >= 0.6 is 11.3 Å². The molecule has 0 aliphatic rings. The maximum Gasteiger partial charge on any atom is 0.191 e. The molecule has 0 aliphatic carbocycles. The molecule has 0 spiro atoms. The number of hydrogen-bond donors (Lipinski definition) is 2. The first-order chi connectivity index (χ1) is 11.9. The maximum atomic E-state index is 13.8. The van der Waals surface area contributed by atoms with Crippen molar-refractivity contribution in [2.45, 2.75) is 39.2 Å². The number of aromatic nitrogens is 1. The van der Waals surface area contributed by atoms with Crippen LogP contribution in [-0.2, 0) is 6.54 Å². The second-order valence-corrected chi connectivity index (χ2v) is 7.14. The first-order valence-corrected chi connectivity index (χ1v) is 9.12. The predicted molar refractivity (Wildman–Crippen MR) is 99.2 cm³/mol. The molecule has 4 nitrogen and oxygen atoms in total. The van der Waals surface area contributed by atoms with Gasteiger partial charge in [-0.15, -0.1) is 11.3 Å². The Labute approximate surface area is 151 Å². The van der Waals surface area contributed by atoms with Crippen LogP contribution in [0.3, 0.4) is 0 Å². The SMILES string of the molecule is CN=C(NCc1nc(C(C)C)cs1)NCC(C)c1ccc(F)cc1F. The summed E-state index contributed by atoms with van der Waals surface area (Å²) in [7, 11) is 1.68. The third-order valence-corrected chi connectivity index (χ3v) is 4.73. The van der Waals surface area contributed by atoms with Gasteiger partial charge in [0.15, 0.2) is 5.96 Å². The molecule has 136 valence electrons. The summed E-state index contributed by atoms with van der Waals surface area (Å²) >= 11 is 1.61. The van der Waals surface area contributed by atoms with Crippen LogP contribution in [0, 0.1) is 11.6 Å². The second-order valence-electron chi connectivity index (χ2n) is 6.19. The summed E-state index contributed by atoms with van der Waals surface area (Å²) in [5.74, 6) is -0.180. The van der Waals surface area contributed by atoms with Crippen LogP contribution in [-0.4, -0.2) is 24.5 Å². The van der Waals surface area contributed by atoms with Crippen LogP contribution in [0.5, 0.6) is 0 Å². The highest BCUT2D eigenvalue weighted by Gasteiger charge is 2.13. The van der Waals surface area contributed by atoms with Crippen LogP contribution in [0.15, 0.2) is 28.6 Å². The first kappa shape index (κ1) is 19.3. The molecule has 25 heavy (non-hydrogen) atoms. The monoisotopic (exact) mass is 366 g/mol. The Hall–Kier alpha value is -2.02. The Bertz CT molecular complexity index is 728. The summed E-state index contributed by atoms with van der Waals surface area (Å²) in [5, 5.41) is 9.42. The van der Waals surface area contributed by atoms with Crippen molar-refractivity contribution < 1.29 is 8.78 Å². The van der Waals surface area contributed by atoms with Gasteiger partial charge in [-0.2, -0.15) is 0 Å². The number of benzene rings is 1. The number of nitrogens with one attached hydrogen (secondary N) is 2. The third-order valence-electron chi connectivity index (χ3n) is 3.86. The fourth-order valence-corrected chi connectivity index (χ4v) is 3.21. The first-order valence-electron chi connectivity index (χ1n) is 8.24. The fraction of sp³-hybridized carbons (Fsp3) is 0.444. The molecular formula is C18H24F2N4S. The molecule has 2 N–H and O–H groups in total. The predicted octanol–water partition coefficient (Wildman–Crippen LogP) is 4.01. The molecule has 2 rings (SSSR count). The molecule has 0 saturated carbocycles. The molecule has 1 aromatic heterocycles. The zero-order valence-corrected chi connectivity index (χ0v) is 15.8. The van der Waals surface area contributed by atoms with E-state index in [1.807, 2.05) is 6.92 Å². The number of aliphatic imine (C=N–C) groups is 1. The van der Waals surface area contributed by atoms with Crippen molar-refractivity contribution in [2.24, 2.45) is 4.99 Å². The number of nitrogens with zero attached hydrogens (tertiary/aromatic N) is 2. The van der Waals surface area contributed by atoms with Gasteiger partial charge in [0.2, 0.25) is 0 Å². The summed E-state index contributed by atoms with van der Waals surface area (Å²) in [6.45, 7) is 7.17. The van der Waals surface area contributed by atoms with E-state index >= 15 is 0 Å². The Balaban J connectivity index is 1.87. The van der Waals surface area contributed by atoms with Crippen LogP contribution in [0.1, 0.15) is 48.9 Å². The van der Waals surface area contributed by atoms with Crippen molar-refractivity contribution in [2.75, 3.05) is 13.6 Å². The van der Waals surface area contributed by atoms with Crippen molar-refractivity contribution in [1.29, 1.82) is 0 Å². The van der Waals surface area contributed by atoms with Gasteiger partial charge >= 0.3 is 0 Å². The zero-order valence-electron chi connectivity index (χ0n) is 14.9. The topological polar surface area (TPSA) is 49.3 Å². The third kappa shape index (κ3) is 5.49. The van der Waals surface area contributed by atoms with E-state index in [9.17, 15) is 8.78 Å². The molecule has 0 amide bonds. The number of rotatable bonds is 6. The van der Waals surface area contributed by atoms with E-state index in [2.05, 4.69) is 39.8 Å². The summed E-state index contributed by atoms with van der Waals surface area (Å²) in [5.41, 5.74) is 1.57. The van der Waals surface area contributed by atoms with Gasteiger partial charge in [0.1, 0.15) is 16.6 Å². The minimum Gasteiger partial charge on any atom is -0.356 e. The number of hydrogen-bond acceptors (Lipinski definition) is 3. The smallest absolute Gasteiger partial charge is 0.191 e. The summed E-state index contributed by atoms with van der Waals surface area (Å²) in [6.07, 6.45) is 0. The van der Waals surface area contributed by atoms with Crippen LogP contribution < -0.4 is 10.6 Å². The molecule has 1 aromatic carbocycles. The highest BCUT2D eigenvalue weighted by Crippen LogP contribution is 2.19. The zero-order chi connectivity index (χ0) is 18.4. The van der Waals surface area contributed by atoms with Gasteiger partial charge in [0, 0.05) is 31.0 Å². The Morgan fingerprint density at radius 3 is 2.60 bits per heavy atom. The van der Waals surface area contributed by atoms with Gasteiger partial charge in [-0.05, 0) is 17.5 Å². The van der Waals surface area contributed by atoms with E-state index in [0.29, 0.717) is 30.5 Å². The van der Waals surface area contributed by atoms with Gasteiger partial charge in [0.25, 0.3) is 0 Å². The highest BCUT2D eigenvalue weighted by atomic mass is 32.1. The number of halogens is 2. The van der Waals surface area contributed by atoms with Gasteiger partial charge in [0.05, 0.1) is 12.2 Å². The Morgan fingerprint density at radius 2 is 2.00 bits per heavy atom. The summed E-state index contributed by atoms with van der Waals surface area (Å²) in [6, 6.07) is 3.67. The minimum atomic E-state index is -0.567. The average Bonchev–Trinajstić information content (AvgIpc) is 3.04. The van der Waals surface area contributed by atoms with Crippen LogP contribution in [0.4, 0.5) is 8.78 Å². The lowest BCUT2D eigenvalue weighted by molar-refractivity contribution is 0.556. The molecular weight excluding hydrogens is 342 g/mol. The molecule has 1 atom stereocenters. The fourth-order valence-electron chi connectivity index (χ4n) is 2.31. The van der Waals surface area contributed by atoms with Crippen LogP contribution in [0.25, 0.3) is 0 Å². The van der Waals surface area contributed by atoms with Crippen molar-refractivity contribution in [1.82, 2.24) is 15.6 Å². The Kier molecular flexibility index (Phi) is 6.87. The standard InChI is InChI=1S/C18H24F2N4S/c1-11(2)16-10-25-17(24-16)9-23-18(21-4)22-8-12(3)14-6-5-13(19)7-15(14)20/h5-7,10-12H,8-9H2,1-4H3,(H2,21,22,23). The van der Waals surface area contributed by atoms with Gasteiger partial charge in [-0.25, -0.2) is 13.8 Å². The van der Waals surface area contributed by atoms with Crippen molar-refractivity contribution >= 4 is 17.3 Å². The molecule has 0 fully saturated rings. The Morgan fingerprint density at radius 1 is 1.24 bits per heavy atom. The molecule has 2 aromatic rings. The minimum absolute atomic E-state index is 0.119. The molecule has 0 radical (unpaired) electrons. The lowest BCUT2D eigenvalue weighted by Gasteiger charge is -2.16. The lowest BCUT2D eigenvalue weighted by Crippen LogP contribution is -2.38. The molecule has 0 saturated heterocycles. The summed E-state index contributed by atoms with van der Waals surface area (Å²) in [4.78, 5) is 8.73. The normalized spacial score (nSPS) is 13.2. The van der Waals surface area contributed by atoms with Crippen LogP contribution in [0.2, 0.25) is 0 Å². The molecule has 0 bridgehead atoms. The van der Waals surface area contributed by atoms with E-state index in [1.54, 1.807) is 18.4 Å². The molecule has 1 heterocycles. The van der Waals surface area contributed by atoms with Gasteiger partial charge < -0.3 is 10.6 Å². The van der Waals surface area contributed by atoms with E-state index in [-0.39, 0.29) is 5.92 Å². The second kappa shape index (κ2) is 8.89. The van der Waals surface area contributed by atoms with Crippen molar-refractivity contribution in [3.05, 3.63) is 51.5 Å². The molecule has 7 heteroatoms. The van der Waals surface area contributed by atoms with Gasteiger partial charge in [-0.1, -0.05) is 26.8 Å². The summed E-state index contributed by atoms with van der Waals surface area (Å²) < 4.78 is 26.8. The lowest BCUT2D eigenvalue weighted by atomic mass is 10.0. The van der Waals surface area contributed by atoms with Crippen molar-refractivity contribution in [3.63, 3.8) is 0 Å². The largest absolute Gasteiger partial charge is 0.356 e. The van der Waals surface area contributed by atoms with E-state index in [4.69, 9.17) is 0 Å². The van der Waals surface area contributed by atoms with E-state index in [0.717, 1.165) is 16.8 Å².